The Morgan fingerprint density at radius 1 is 1.26 bits per heavy atom. The smallest absolute Gasteiger partial charge is 0.242 e. The van der Waals surface area contributed by atoms with Crippen LogP contribution in [0.1, 0.15) is 19.5 Å². The van der Waals surface area contributed by atoms with E-state index in [1.807, 2.05) is 32.0 Å². The Morgan fingerprint density at radius 2 is 2.11 bits per heavy atom. The van der Waals surface area contributed by atoms with Crippen molar-refractivity contribution in [1.29, 1.82) is 0 Å². The molecule has 0 saturated carbocycles. The van der Waals surface area contributed by atoms with Crippen molar-refractivity contribution in [2.75, 3.05) is 11.1 Å². The maximum atomic E-state index is 5.96. The van der Waals surface area contributed by atoms with Crippen LogP contribution in [0.2, 0.25) is 0 Å². The molecular formula is C13H17N5O. The van der Waals surface area contributed by atoms with Gasteiger partial charge in [0, 0.05) is 6.20 Å². The van der Waals surface area contributed by atoms with Crippen molar-refractivity contribution in [1.82, 2.24) is 15.0 Å². The third-order valence-corrected chi connectivity index (χ3v) is 2.36. The molecule has 0 aliphatic heterocycles. The highest BCUT2D eigenvalue weighted by Crippen LogP contribution is 2.25. The molecule has 0 atom stereocenters. The molecule has 2 heterocycles. The number of hydrogen-bond donors (Lipinski definition) is 2. The van der Waals surface area contributed by atoms with Crippen molar-refractivity contribution in [3.8, 4) is 5.88 Å². The van der Waals surface area contributed by atoms with Gasteiger partial charge >= 0.3 is 0 Å². The van der Waals surface area contributed by atoms with Crippen LogP contribution in [0.25, 0.3) is 0 Å². The van der Waals surface area contributed by atoms with E-state index in [2.05, 4.69) is 20.3 Å². The van der Waals surface area contributed by atoms with E-state index in [1.165, 1.54) is 6.33 Å². The molecule has 0 radical (unpaired) electrons. The minimum atomic E-state index is 0.0147. The van der Waals surface area contributed by atoms with Gasteiger partial charge < -0.3 is 15.8 Å². The summed E-state index contributed by atoms with van der Waals surface area (Å²) in [6, 6.07) is 5.73. The molecule has 3 N–H and O–H groups in total. The fraction of sp³-hybridized carbons (Fsp3) is 0.308. The van der Waals surface area contributed by atoms with E-state index < -0.39 is 0 Å². The van der Waals surface area contributed by atoms with Crippen LogP contribution in [-0.4, -0.2) is 21.1 Å². The molecule has 0 spiro atoms. The first-order valence-electron chi connectivity index (χ1n) is 6.07. The van der Waals surface area contributed by atoms with Crippen molar-refractivity contribution >= 4 is 11.5 Å². The van der Waals surface area contributed by atoms with Gasteiger partial charge in [-0.15, -0.1) is 0 Å². The Bertz CT molecular complexity index is 530. The number of nitrogens with one attached hydrogen (secondary N) is 1. The molecule has 0 saturated heterocycles. The summed E-state index contributed by atoms with van der Waals surface area (Å²) in [6.45, 7) is 4.38. The molecule has 6 heteroatoms. The highest BCUT2D eigenvalue weighted by atomic mass is 16.5. The van der Waals surface area contributed by atoms with Gasteiger partial charge in [0.15, 0.2) is 5.82 Å². The first kappa shape index (κ1) is 13.1. The summed E-state index contributed by atoms with van der Waals surface area (Å²) >= 11 is 0. The van der Waals surface area contributed by atoms with Gasteiger partial charge in [-0.25, -0.2) is 4.98 Å². The summed E-state index contributed by atoms with van der Waals surface area (Å²) in [7, 11) is 0. The molecule has 19 heavy (non-hydrogen) atoms. The number of ether oxygens (including phenoxy) is 1. The molecule has 0 fully saturated rings. The molecule has 0 bridgehead atoms. The standard InChI is InChI=1S/C13H17N5O/c1-9(2)19-13-11(14)12(17-8-18-13)16-7-10-5-3-4-6-15-10/h3-6,8-9H,7,14H2,1-2H3,(H,16,17,18). The number of hydrogen-bond acceptors (Lipinski definition) is 6. The third kappa shape index (κ3) is 3.54. The molecule has 2 aromatic rings. The lowest BCUT2D eigenvalue weighted by molar-refractivity contribution is 0.234. The maximum Gasteiger partial charge on any atom is 0.242 e. The van der Waals surface area contributed by atoms with Gasteiger partial charge in [-0.2, -0.15) is 4.98 Å². The summed E-state index contributed by atoms with van der Waals surface area (Å²) < 4.78 is 5.51. The van der Waals surface area contributed by atoms with Crippen molar-refractivity contribution in [3.63, 3.8) is 0 Å². The number of aromatic nitrogens is 3. The Balaban J connectivity index is 2.08. The van der Waals surface area contributed by atoms with E-state index in [0.717, 1.165) is 5.69 Å². The minimum Gasteiger partial charge on any atom is -0.473 e. The highest BCUT2D eigenvalue weighted by Gasteiger charge is 2.10. The van der Waals surface area contributed by atoms with Gasteiger partial charge in [0.25, 0.3) is 0 Å². The van der Waals surface area contributed by atoms with E-state index in [1.54, 1.807) is 6.20 Å². The second-order valence-corrected chi connectivity index (χ2v) is 4.28. The highest BCUT2D eigenvalue weighted by molar-refractivity contribution is 5.66. The number of nitrogens with two attached hydrogens (primary N) is 1. The zero-order valence-corrected chi connectivity index (χ0v) is 11.0. The average molecular weight is 259 g/mol. The molecule has 0 aromatic carbocycles. The Hall–Kier alpha value is -2.37. The van der Waals surface area contributed by atoms with Crippen LogP contribution in [0.5, 0.6) is 5.88 Å². The number of nitrogens with zero attached hydrogens (tertiary/aromatic N) is 3. The van der Waals surface area contributed by atoms with Crippen molar-refractivity contribution in [3.05, 3.63) is 36.4 Å². The van der Waals surface area contributed by atoms with Gasteiger partial charge in [-0.1, -0.05) is 6.07 Å². The summed E-state index contributed by atoms with van der Waals surface area (Å²) in [6.07, 6.45) is 3.18. The lowest BCUT2D eigenvalue weighted by atomic mass is 10.3. The maximum absolute atomic E-state index is 5.96. The fourth-order valence-electron chi connectivity index (χ4n) is 1.51. The molecule has 2 rings (SSSR count). The van der Waals surface area contributed by atoms with Crippen LogP contribution in [0.3, 0.4) is 0 Å². The molecule has 2 aromatic heterocycles. The Kier molecular flexibility index (Phi) is 4.12. The van der Waals surface area contributed by atoms with Gasteiger partial charge in [0.1, 0.15) is 12.0 Å². The van der Waals surface area contributed by atoms with Crippen LogP contribution in [0.4, 0.5) is 11.5 Å². The molecule has 0 amide bonds. The lowest BCUT2D eigenvalue weighted by Crippen LogP contribution is -2.12. The zero-order valence-electron chi connectivity index (χ0n) is 11.0. The number of pyridine rings is 1. The molecule has 0 aliphatic carbocycles. The predicted molar refractivity (Wildman–Crippen MR) is 73.8 cm³/mol. The Labute approximate surface area is 112 Å². The van der Waals surface area contributed by atoms with Crippen LogP contribution in [0, 0.1) is 0 Å². The summed E-state index contributed by atoms with van der Waals surface area (Å²) in [5.41, 5.74) is 7.28. The van der Waals surface area contributed by atoms with E-state index >= 15 is 0 Å². The Morgan fingerprint density at radius 3 is 2.79 bits per heavy atom. The first-order valence-corrected chi connectivity index (χ1v) is 6.07. The number of anilines is 2. The number of rotatable bonds is 5. The number of nitrogen functional groups attached to an aromatic ring is 1. The van der Waals surface area contributed by atoms with Crippen LogP contribution in [-0.2, 0) is 6.54 Å². The third-order valence-electron chi connectivity index (χ3n) is 2.36. The van der Waals surface area contributed by atoms with Gasteiger partial charge in [-0.05, 0) is 26.0 Å². The van der Waals surface area contributed by atoms with E-state index in [9.17, 15) is 0 Å². The van der Waals surface area contributed by atoms with E-state index in [4.69, 9.17) is 10.5 Å². The zero-order chi connectivity index (χ0) is 13.7. The van der Waals surface area contributed by atoms with Gasteiger partial charge in [0.05, 0.1) is 18.3 Å². The minimum absolute atomic E-state index is 0.0147. The van der Waals surface area contributed by atoms with Gasteiger partial charge in [-0.3, -0.25) is 4.98 Å². The predicted octanol–water partition coefficient (Wildman–Crippen LogP) is 1.85. The van der Waals surface area contributed by atoms with Crippen LogP contribution in [0.15, 0.2) is 30.7 Å². The first-order chi connectivity index (χ1) is 9.16. The quantitative estimate of drug-likeness (QED) is 0.852. The largest absolute Gasteiger partial charge is 0.473 e. The normalized spacial score (nSPS) is 10.5. The van der Waals surface area contributed by atoms with Crippen molar-refractivity contribution in [2.24, 2.45) is 0 Å². The summed E-state index contributed by atoms with van der Waals surface area (Å²) in [4.78, 5) is 12.3. The lowest BCUT2D eigenvalue weighted by Gasteiger charge is -2.13. The topological polar surface area (TPSA) is 86.0 Å². The second-order valence-electron chi connectivity index (χ2n) is 4.28. The van der Waals surface area contributed by atoms with Crippen molar-refractivity contribution in [2.45, 2.75) is 26.5 Å². The second kappa shape index (κ2) is 5.99. The molecule has 0 aliphatic rings. The summed E-state index contributed by atoms with van der Waals surface area (Å²) in [5, 5.41) is 3.12. The van der Waals surface area contributed by atoms with Gasteiger partial charge in [0.2, 0.25) is 5.88 Å². The average Bonchev–Trinajstić information content (AvgIpc) is 2.40. The van der Waals surface area contributed by atoms with Crippen LogP contribution >= 0.6 is 0 Å². The molecule has 6 nitrogen and oxygen atoms in total. The molecule has 100 valence electrons. The van der Waals surface area contributed by atoms with E-state index in [-0.39, 0.29) is 6.10 Å². The molecule has 0 unspecified atom stereocenters. The monoisotopic (exact) mass is 259 g/mol. The SMILES string of the molecule is CC(C)Oc1ncnc(NCc2ccccn2)c1N. The van der Waals surface area contributed by atoms with E-state index in [0.29, 0.717) is 23.9 Å². The summed E-state index contributed by atoms with van der Waals surface area (Å²) in [5.74, 6) is 0.949. The van der Waals surface area contributed by atoms with Crippen molar-refractivity contribution < 1.29 is 4.74 Å². The molecular weight excluding hydrogens is 242 g/mol. The van der Waals surface area contributed by atoms with Crippen LogP contribution < -0.4 is 15.8 Å². The fourth-order valence-corrected chi connectivity index (χ4v) is 1.51.